The summed E-state index contributed by atoms with van der Waals surface area (Å²) in [6, 6.07) is 13.2. The van der Waals surface area contributed by atoms with Crippen LogP contribution >= 0.6 is 0 Å². The number of benzene rings is 2. The Bertz CT molecular complexity index is 574. The highest BCUT2D eigenvalue weighted by Gasteiger charge is 2.13. The van der Waals surface area contributed by atoms with Crippen LogP contribution in [0.5, 0.6) is 0 Å². The van der Waals surface area contributed by atoms with E-state index >= 15 is 0 Å². The lowest BCUT2D eigenvalue weighted by Crippen LogP contribution is -2.04. The van der Waals surface area contributed by atoms with Crippen LogP contribution in [-0.2, 0) is 4.74 Å². The van der Waals surface area contributed by atoms with E-state index in [9.17, 15) is 4.79 Å². The Morgan fingerprint density at radius 1 is 1.11 bits per heavy atom. The molecule has 3 heteroatoms. The number of hydrogen-bond donors (Lipinski definition) is 1. The minimum absolute atomic E-state index is 0.377. The Labute approximate surface area is 106 Å². The molecule has 0 saturated heterocycles. The van der Waals surface area contributed by atoms with Gasteiger partial charge in [0.2, 0.25) is 0 Å². The van der Waals surface area contributed by atoms with Gasteiger partial charge >= 0.3 is 5.97 Å². The molecule has 2 rings (SSSR count). The van der Waals surface area contributed by atoms with Gasteiger partial charge in [0.1, 0.15) is 0 Å². The first kappa shape index (κ1) is 12.2. The number of rotatable bonds is 2. The smallest absolute Gasteiger partial charge is 0.338 e. The van der Waals surface area contributed by atoms with Crippen molar-refractivity contribution in [2.45, 2.75) is 6.92 Å². The van der Waals surface area contributed by atoms with Gasteiger partial charge in [-0.15, -0.1) is 0 Å². The fourth-order valence-electron chi connectivity index (χ4n) is 1.83. The highest BCUT2D eigenvalue weighted by Crippen LogP contribution is 2.26. The van der Waals surface area contributed by atoms with E-state index in [-0.39, 0.29) is 5.97 Å². The number of carbonyl (C=O) groups excluding carboxylic acids is 1. The van der Waals surface area contributed by atoms with Crippen molar-refractivity contribution in [1.29, 1.82) is 0 Å². The van der Waals surface area contributed by atoms with Crippen LogP contribution in [0.15, 0.2) is 42.5 Å². The molecule has 0 saturated carbocycles. The van der Waals surface area contributed by atoms with Crippen LogP contribution in [0.4, 0.5) is 5.69 Å². The average molecular weight is 241 g/mol. The van der Waals surface area contributed by atoms with Crippen molar-refractivity contribution in [3.63, 3.8) is 0 Å². The molecule has 2 aromatic carbocycles. The Hall–Kier alpha value is -2.29. The fourth-order valence-corrected chi connectivity index (χ4v) is 1.83. The number of aryl methyl sites for hydroxylation is 1. The lowest BCUT2D eigenvalue weighted by atomic mass is 9.98. The first-order valence-corrected chi connectivity index (χ1v) is 5.66. The summed E-state index contributed by atoms with van der Waals surface area (Å²) in [6.07, 6.45) is 0. The molecule has 3 nitrogen and oxygen atoms in total. The molecule has 0 fully saturated rings. The van der Waals surface area contributed by atoms with Crippen molar-refractivity contribution >= 4 is 11.7 Å². The van der Waals surface area contributed by atoms with Gasteiger partial charge in [-0.3, -0.25) is 0 Å². The largest absolute Gasteiger partial charge is 0.465 e. The first-order valence-electron chi connectivity index (χ1n) is 5.66. The maximum Gasteiger partial charge on any atom is 0.338 e. The van der Waals surface area contributed by atoms with Gasteiger partial charge in [-0.25, -0.2) is 4.79 Å². The van der Waals surface area contributed by atoms with Gasteiger partial charge in [0.25, 0.3) is 0 Å². The third-order valence-corrected chi connectivity index (χ3v) is 2.81. The Morgan fingerprint density at radius 3 is 2.39 bits per heavy atom. The first-order chi connectivity index (χ1) is 8.61. The molecule has 0 unspecified atom stereocenters. The lowest BCUT2D eigenvalue weighted by Gasteiger charge is -2.09. The van der Waals surface area contributed by atoms with Gasteiger partial charge in [-0.1, -0.05) is 35.9 Å². The Balaban J connectivity index is 2.56. The number of nitrogen functional groups attached to an aromatic ring is 1. The molecule has 0 radical (unpaired) electrons. The van der Waals surface area contributed by atoms with Crippen molar-refractivity contribution in [3.8, 4) is 11.1 Å². The topological polar surface area (TPSA) is 52.3 Å². The van der Waals surface area contributed by atoms with Gasteiger partial charge in [0.15, 0.2) is 0 Å². The molecule has 0 aliphatic heterocycles. The molecule has 0 aliphatic carbocycles. The number of esters is 1. The quantitative estimate of drug-likeness (QED) is 0.649. The van der Waals surface area contributed by atoms with Crippen LogP contribution in [0, 0.1) is 6.92 Å². The number of ether oxygens (including phenoxy) is 1. The second kappa shape index (κ2) is 4.92. The average Bonchev–Trinajstić information content (AvgIpc) is 2.39. The summed E-state index contributed by atoms with van der Waals surface area (Å²) in [5.41, 5.74) is 9.73. The molecular formula is C15H15NO2. The van der Waals surface area contributed by atoms with Crippen molar-refractivity contribution in [3.05, 3.63) is 53.6 Å². The van der Waals surface area contributed by atoms with Crippen LogP contribution in [0.25, 0.3) is 11.1 Å². The minimum atomic E-state index is -0.377. The van der Waals surface area contributed by atoms with Crippen molar-refractivity contribution in [2.75, 3.05) is 12.8 Å². The molecule has 0 aromatic heterocycles. The normalized spacial score (nSPS) is 10.1. The van der Waals surface area contributed by atoms with Crippen LogP contribution in [-0.4, -0.2) is 13.1 Å². The maximum atomic E-state index is 11.7. The summed E-state index contributed by atoms with van der Waals surface area (Å²) >= 11 is 0. The van der Waals surface area contributed by atoms with Gasteiger partial charge in [0, 0.05) is 5.69 Å². The predicted molar refractivity (Wildman–Crippen MR) is 72.4 cm³/mol. The monoisotopic (exact) mass is 241 g/mol. The van der Waals surface area contributed by atoms with E-state index in [4.69, 9.17) is 10.5 Å². The SMILES string of the molecule is COC(=O)c1cc(N)ccc1-c1ccc(C)cc1. The van der Waals surface area contributed by atoms with Crippen LogP contribution in [0.3, 0.4) is 0 Å². The summed E-state index contributed by atoms with van der Waals surface area (Å²) in [4.78, 5) is 11.7. The minimum Gasteiger partial charge on any atom is -0.465 e. The third-order valence-electron chi connectivity index (χ3n) is 2.81. The van der Waals surface area contributed by atoms with Crippen molar-refractivity contribution < 1.29 is 9.53 Å². The van der Waals surface area contributed by atoms with E-state index in [1.54, 1.807) is 12.1 Å². The molecule has 2 N–H and O–H groups in total. The zero-order valence-electron chi connectivity index (χ0n) is 10.4. The summed E-state index contributed by atoms with van der Waals surface area (Å²) < 4.78 is 4.78. The van der Waals surface area contributed by atoms with Gasteiger partial charge in [0.05, 0.1) is 12.7 Å². The number of nitrogens with two attached hydrogens (primary N) is 1. The molecule has 18 heavy (non-hydrogen) atoms. The van der Waals surface area contributed by atoms with Crippen molar-refractivity contribution in [1.82, 2.24) is 0 Å². The van der Waals surface area contributed by atoms with Gasteiger partial charge < -0.3 is 10.5 Å². The number of methoxy groups -OCH3 is 1. The lowest BCUT2D eigenvalue weighted by molar-refractivity contribution is 0.0601. The number of hydrogen-bond acceptors (Lipinski definition) is 3. The van der Waals surface area contributed by atoms with E-state index in [0.717, 1.165) is 11.1 Å². The van der Waals surface area contributed by atoms with E-state index in [1.165, 1.54) is 12.7 Å². The molecule has 0 heterocycles. The maximum absolute atomic E-state index is 11.7. The van der Waals surface area contributed by atoms with Gasteiger partial charge in [-0.2, -0.15) is 0 Å². The molecule has 0 atom stereocenters. The number of carbonyl (C=O) groups is 1. The summed E-state index contributed by atoms with van der Waals surface area (Å²) in [5, 5.41) is 0. The van der Waals surface area contributed by atoms with Crippen LogP contribution in [0.1, 0.15) is 15.9 Å². The standard InChI is InChI=1S/C15H15NO2/c1-10-3-5-11(6-4-10)13-8-7-12(16)9-14(13)15(17)18-2/h3-9H,16H2,1-2H3. The van der Waals surface area contributed by atoms with E-state index in [2.05, 4.69) is 0 Å². The van der Waals surface area contributed by atoms with Gasteiger partial charge in [-0.05, 0) is 30.2 Å². The third kappa shape index (κ3) is 2.35. The molecule has 2 aromatic rings. The summed E-state index contributed by atoms with van der Waals surface area (Å²) in [7, 11) is 1.37. The zero-order valence-corrected chi connectivity index (χ0v) is 10.4. The summed E-state index contributed by atoms with van der Waals surface area (Å²) in [5.74, 6) is -0.377. The molecule has 0 bridgehead atoms. The summed E-state index contributed by atoms with van der Waals surface area (Å²) in [6.45, 7) is 2.02. The molecular weight excluding hydrogens is 226 g/mol. The van der Waals surface area contributed by atoms with Crippen LogP contribution in [0.2, 0.25) is 0 Å². The molecule has 0 amide bonds. The Kier molecular flexibility index (Phi) is 3.33. The van der Waals surface area contributed by atoms with Crippen molar-refractivity contribution in [2.24, 2.45) is 0 Å². The predicted octanol–water partition coefficient (Wildman–Crippen LogP) is 3.03. The zero-order chi connectivity index (χ0) is 13.1. The second-order valence-corrected chi connectivity index (χ2v) is 4.16. The fraction of sp³-hybridized carbons (Fsp3) is 0.133. The molecule has 0 aliphatic rings. The van der Waals surface area contributed by atoms with E-state index in [0.29, 0.717) is 11.3 Å². The highest BCUT2D eigenvalue weighted by atomic mass is 16.5. The molecule has 0 spiro atoms. The van der Waals surface area contributed by atoms with Crippen LogP contribution < -0.4 is 5.73 Å². The van der Waals surface area contributed by atoms with E-state index < -0.39 is 0 Å². The Morgan fingerprint density at radius 2 is 1.78 bits per heavy atom. The van der Waals surface area contributed by atoms with E-state index in [1.807, 2.05) is 37.3 Å². The second-order valence-electron chi connectivity index (χ2n) is 4.16. The highest BCUT2D eigenvalue weighted by molar-refractivity contribution is 5.98. The number of anilines is 1. The molecule has 92 valence electrons.